The normalized spacial score (nSPS) is 11.1. The van der Waals surface area contributed by atoms with Crippen molar-refractivity contribution < 1.29 is 18.9 Å². The molecule has 3 aromatic rings. The van der Waals surface area contributed by atoms with Crippen LogP contribution in [0.5, 0.6) is 23.0 Å². The van der Waals surface area contributed by atoms with Crippen LogP contribution in [0, 0.1) is 4.77 Å². The van der Waals surface area contributed by atoms with Crippen molar-refractivity contribution in [2.75, 3.05) is 21.3 Å². The number of hydrogen-bond donors (Lipinski definition) is 1. The van der Waals surface area contributed by atoms with Gasteiger partial charge in [0, 0.05) is 17.2 Å². The van der Waals surface area contributed by atoms with Crippen LogP contribution in [0.15, 0.2) is 41.5 Å². The van der Waals surface area contributed by atoms with E-state index in [1.54, 1.807) is 44.4 Å². The van der Waals surface area contributed by atoms with E-state index in [-0.39, 0.29) is 6.10 Å². The van der Waals surface area contributed by atoms with E-state index in [1.165, 1.54) is 0 Å². The minimum Gasteiger partial charge on any atom is -0.496 e. The van der Waals surface area contributed by atoms with Gasteiger partial charge in [0.15, 0.2) is 17.3 Å². The average molecular weight is 429 g/mol. The lowest BCUT2D eigenvalue weighted by molar-refractivity contribution is 0.242. The Bertz CT molecular complexity index is 1100. The third-order valence-corrected chi connectivity index (χ3v) is 4.43. The second-order valence-electron chi connectivity index (χ2n) is 6.55. The summed E-state index contributed by atoms with van der Waals surface area (Å²) < 4.78 is 23.8. The van der Waals surface area contributed by atoms with Gasteiger partial charge in [0.25, 0.3) is 0 Å². The first-order valence-electron chi connectivity index (χ1n) is 9.25. The van der Waals surface area contributed by atoms with Gasteiger partial charge in [-0.3, -0.25) is 0 Å². The van der Waals surface area contributed by atoms with Crippen molar-refractivity contribution in [1.29, 1.82) is 0 Å². The van der Waals surface area contributed by atoms with Gasteiger partial charge in [0.05, 0.1) is 33.6 Å². The van der Waals surface area contributed by atoms with Crippen LogP contribution in [0.1, 0.15) is 19.4 Å². The molecular weight excluding hydrogens is 404 g/mol. The molecule has 1 heterocycles. The molecule has 0 atom stereocenters. The fourth-order valence-electron chi connectivity index (χ4n) is 2.84. The molecule has 0 unspecified atom stereocenters. The molecule has 158 valence electrons. The number of ether oxygens (including phenoxy) is 4. The molecule has 2 aromatic carbocycles. The summed E-state index contributed by atoms with van der Waals surface area (Å²) in [5, 5.41) is 11.6. The van der Waals surface area contributed by atoms with Crippen molar-refractivity contribution >= 4 is 18.4 Å². The monoisotopic (exact) mass is 428 g/mol. The van der Waals surface area contributed by atoms with E-state index >= 15 is 0 Å². The van der Waals surface area contributed by atoms with E-state index in [0.29, 0.717) is 33.4 Å². The van der Waals surface area contributed by atoms with Crippen molar-refractivity contribution in [3.8, 4) is 34.4 Å². The molecule has 0 fully saturated rings. The molecule has 0 radical (unpaired) electrons. The Labute approximate surface area is 180 Å². The van der Waals surface area contributed by atoms with Gasteiger partial charge in [-0.05, 0) is 44.3 Å². The van der Waals surface area contributed by atoms with Gasteiger partial charge < -0.3 is 18.9 Å². The van der Waals surface area contributed by atoms with Crippen LogP contribution in [0.4, 0.5) is 0 Å². The zero-order valence-electron chi connectivity index (χ0n) is 17.5. The Morgan fingerprint density at radius 1 is 1.03 bits per heavy atom. The number of nitrogens with one attached hydrogen (secondary N) is 1. The van der Waals surface area contributed by atoms with E-state index in [4.69, 9.17) is 31.2 Å². The molecule has 0 bridgehead atoms. The summed E-state index contributed by atoms with van der Waals surface area (Å²) in [6, 6.07) is 11.1. The van der Waals surface area contributed by atoms with E-state index in [1.807, 2.05) is 38.1 Å². The highest BCUT2D eigenvalue weighted by Gasteiger charge is 2.13. The maximum absolute atomic E-state index is 5.78. The summed E-state index contributed by atoms with van der Waals surface area (Å²) in [6.07, 6.45) is 1.70. The van der Waals surface area contributed by atoms with Crippen LogP contribution in [-0.4, -0.2) is 48.5 Å². The van der Waals surface area contributed by atoms with Gasteiger partial charge in [-0.2, -0.15) is 14.9 Å². The predicted octanol–water partition coefficient (Wildman–Crippen LogP) is 4.30. The maximum atomic E-state index is 5.78. The van der Waals surface area contributed by atoms with E-state index in [0.717, 1.165) is 11.3 Å². The summed E-state index contributed by atoms with van der Waals surface area (Å²) in [4.78, 5) is 0. The lowest BCUT2D eigenvalue weighted by Crippen LogP contribution is -2.05. The summed E-state index contributed by atoms with van der Waals surface area (Å²) in [7, 11) is 4.72. The summed E-state index contributed by atoms with van der Waals surface area (Å²) >= 11 is 5.36. The molecule has 0 aliphatic heterocycles. The van der Waals surface area contributed by atoms with Gasteiger partial charge in [-0.25, -0.2) is 5.10 Å². The maximum Gasteiger partial charge on any atom is 0.216 e. The second kappa shape index (κ2) is 9.45. The minimum absolute atomic E-state index is 0.0663. The summed E-state index contributed by atoms with van der Waals surface area (Å²) in [5.74, 6) is 3.02. The van der Waals surface area contributed by atoms with Crippen LogP contribution in [0.3, 0.4) is 0 Å². The molecular formula is C21H24N4O4S. The topological polar surface area (TPSA) is 82.9 Å². The number of benzene rings is 2. The number of methoxy groups -OCH3 is 3. The second-order valence-corrected chi connectivity index (χ2v) is 6.94. The molecule has 1 aromatic heterocycles. The predicted molar refractivity (Wildman–Crippen MR) is 118 cm³/mol. The summed E-state index contributed by atoms with van der Waals surface area (Å²) in [5.41, 5.74) is 1.51. The highest BCUT2D eigenvalue weighted by atomic mass is 32.1. The molecule has 9 heteroatoms. The van der Waals surface area contributed by atoms with E-state index in [2.05, 4.69) is 15.3 Å². The van der Waals surface area contributed by atoms with Gasteiger partial charge >= 0.3 is 0 Å². The fourth-order valence-corrected chi connectivity index (χ4v) is 3.02. The van der Waals surface area contributed by atoms with Crippen LogP contribution in [0.25, 0.3) is 11.4 Å². The molecule has 1 N–H and O–H groups in total. The number of aromatic nitrogens is 3. The first kappa shape index (κ1) is 21.4. The number of rotatable bonds is 8. The Hall–Kier alpha value is -3.33. The smallest absolute Gasteiger partial charge is 0.216 e. The van der Waals surface area contributed by atoms with E-state index in [9.17, 15) is 0 Å². The van der Waals surface area contributed by atoms with Gasteiger partial charge in [0.2, 0.25) is 4.77 Å². The SMILES string of the molecule is COc1cc(OC)c(OC)cc1/C=N\n1c(-c2cccc(OC(C)C)c2)n[nH]c1=S. The molecule has 0 saturated heterocycles. The number of aromatic amines is 1. The van der Waals surface area contributed by atoms with Crippen LogP contribution in [-0.2, 0) is 0 Å². The quantitative estimate of drug-likeness (QED) is 0.425. The highest BCUT2D eigenvalue weighted by molar-refractivity contribution is 7.71. The zero-order valence-corrected chi connectivity index (χ0v) is 18.3. The number of nitrogens with zero attached hydrogens (tertiary/aromatic N) is 3. The molecule has 0 saturated carbocycles. The van der Waals surface area contributed by atoms with Gasteiger partial charge in [0.1, 0.15) is 11.5 Å². The highest BCUT2D eigenvalue weighted by Crippen LogP contribution is 2.34. The van der Waals surface area contributed by atoms with Crippen molar-refractivity contribution in [1.82, 2.24) is 14.9 Å². The number of H-pyrrole nitrogens is 1. The first-order chi connectivity index (χ1) is 14.5. The zero-order chi connectivity index (χ0) is 21.7. The van der Waals surface area contributed by atoms with Crippen molar-refractivity contribution in [2.24, 2.45) is 5.10 Å². The fraction of sp³-hybridized carbons (Fsp3) is 0.286. The Morgan fingerprint density at radius 2 is 1.73 bits per heavy atom. The van der Waals surface area contributed by atoms with E-state index < -0.39 is 0 Å². The Morgan fingerprint density at radius 3 is 2.40 bits per heavy atom. The van der Waals surface area contributed by atoms with Crippen molar-refractivity contribution in [2.45, 2.75) is 20.0 Å². The van der Waals surface area contributed by atoms with Crippen molar-refractivity contribution in [3.63, 3.8) is 0 Å². The van der Waals surface area contributed by atoms with Crippen molar-refractivity contribution in [3.05, 3.63) is 46.7 Å². The lowest BCUT2D eigenvalue weighted by atomic mass is 10.2. The van der Waals surface area contributed by atoms with Crippen LogP contribution in [0.2, 0.25) is 0 Å². The third kappa shape index (κ3) is 4.62. The van der Waals surface area contributed by atoms with Gasteiger partial charge in [-0.1, -0.05) is 12.1 Å². The van der Waals surface area contributed by atoms with Gasteiger partial charge in [-0.15, -0.1) is 0 Å². The standard InChI is InChI=1S/C21H24N4O4S/c1-13(2)29-16-8-6-7-14(9-16)20-23-24-21(30)25(20)22-12-15-10-18(27-4)19(28-5)11-17(15)26-3/h6-13H,1-5H3,(H,24,30)/b22-12-. The average Bonchev–Trinajstić information content (AvgIpc) is 3.11. The molecule has 0 amide bonds. The Kier molecular flexibility index (Phi) is 6.73. The Balaban J connectivity index is 2.01. The lowest BCUT2D eigenvalue weighted by Gasteiger charge is -2.12. The minimum atomic E-state index is 0.0663. The summed E-state index contributed by atoms with van der Waals surface area (Å²) in [6.45, 7) is 3.95. The number of hydrogen-bond acceptors (Lipinski definition) is 7. The van der Waals surface area contributed by atoms with Crippen LogP contribution < -0.4 is 18.9 Å². The molecule has 0 aliphatic carbocycles. The largest absolute Gasteiger partial charge is 0.496 e. The molecule has 3 rings (SSSR count). The first-order valence-corrected chi connectivity index (χ1v) is 9.66. The van der Waals surface area contributed by atoms with Crippen LogP contribution >= 0.6 is 12.2 Å². The molecule has 0 spiro atoms. The molecule has 0 aliphatic rings. The molecule has 30 heavy (non-hydrogen) atoms. The third-order valence-electron chi connectivity index (χ3n) is 4.16. The molecule has 8 nitrogen and oxygen atoms in total.